The molecule has 0 unspecified atom stereocenters. The molecular weight excluding hydrogens is 254 g/mol. The van der Waals surface area contributed by atoms with Crippen molar-refractivity contribution in [1.82, 2.24) is 15.5 Å². The van der Waals surface area contributed by atoms with Crippen LogP contribution in [0.5, 0.6) is 0 Å². The van der Waals surface area contributed by atoms with E-state index >= 15 is 0 Å². The summed E-state index contributed by atoms with van der Waals surface area (Å²) in [4.78, 5) is 4.74. The third kappa shape index (κ3) is 2.37. The van der Waals surface area contributed by atoms with Gasteiger partial charge in [0.15, 0.2) is 0 Å². The molecule has 1 aliphatic carbocycles. The summed E-state index contributed by atoms with van der Waals surface area (Å²) in [6.45, 7) is 4.26. The Labute approximate surface area is 120 Å². The summed E-state index contributed by atoms with van der Waals surface area (Å²) in [7, 11) is 1.77. The molecule has 0 bridgehead atoms. The highest BCUT2D eigenvalue weighted by Gasteiger charge is 2.41. The zero-order valence-corrected chi connectivity index (χ0v) is 12.6. The lowest BCUT2D eigenvalue weighted by molar-refractivity contribution is -0.0527. The van der Waals surface area contributed by atoms with Crippen LogP contribution in [-0.2, 0) is 15.8 Å². The van der Waals surface area contributed by atoms with Gasteiger partial charge < -0.3 is 14.6 Å². The standard InChI is InChI=1S/C15H25N3O2/c1-14(8-10-16-11-9-14)13-17-12(18-20-13)15(19-2)6-4-3-5-7-15/h16H,3-11H2,1-2H3. The number of nitrogens with zero attached hydrogens (tertiary/aromatic N) is 2. The van der Waals surface area contributed by atoms with Gasteiger partial charge in [0.05, 0.1) is 0 Å². The second kappa shape index (κ2) is 5.45. The summed E-state index contributed by atoms with van der Waals surface area (Å²) >= 11 is 0. The molecule has 0 aromatic carbocycles. The van der Waals surface area contributed by atoms with Crippen molar-refractivity contribution in [1.29, 1.82) is 0 Å². The molecule has 2 aliphatic rings. The van der Waals surface area contributed by atoms with Crippen molar-refractivity contribution in [2.45, 2.75) is 62.9 Å². The maximum Gasteiger partial charge on any atom is 0.232 e. The monoisotopic (exact) mass is 279 g/mol. The van der Waals surface area contributed by atoms with Gasteiger partial charge in [-0.3, -0.25) is 0 Å². The number of ether oxygens (including phenoxy) is 1. The molecule has 1 aliphatic heterocycles. The van der Waals surface area contributed by atoms with Crippen LogP contribution in [0.15, 0.2) is 4.52 Å². The molecule has 0 amide bonds. The number of rotatable bonds is 3. The zero-order valence-electron chi connectivity index (χ0n) is 12.6. The molecule has 1 saturated heterocycles. The Morgan fingerprint density at radius 2 is 1.80 bits per heavy atom. The normalized spacial score (nSPS) is 25.5. The van der Waals surface area contributed by atoms with Gasteiger partial charge in [0.1, 0.15) is 5.60 Å². The van der Waals surface area contributed by atoms with Gasteiger partial charge in [-0.15, -0.1) is 0 Å². The Morgan fingerprint density at radius 1 is 1.10 bits per heavy atom. The van der Waals surface area contributed by atoms with Gasteiger partial charge in [-0.25, -0.2) is 0 Å². The average molecular weight is 279 g/mol. The minimum Gasteiger partial charge on any atom is -0.370 e. The highest BCUT2D eigenvalue weighted by atomic mass is 16.5. The fourth-order valence-corrected chi connectivity index (χ4v) is 3.49. The topological polar surface area (TPSA) is 60.2 Å². The smallest absolute Gasteiger partial charge is 0.232 e. The molecule has 1 saturated carbocycles. The van der Waals surface area contributed by atoms with Crippen LogP contribution in [0.25, 0.3) is 0 Å². The van der Waals surface area contributed by atoms with Crippen LogP contribution in [0.3, 0.4) is 0 Å². The van der Waals surface area contributed by atoms with E-state index < -0.39 is 0 Å². The van der Waals surface area contributed by atoms with E-state index in [1.165, 1.54) is 19.3 Å². The Kier molecular flexibility index (Phi) is 3.82. The van der Waals surface area contributed by atoms with Gasteiger partial charge in [0.25, 0.3) is 0 Å². The first-order valence-electron chi connectivity index (χ1n) is 7.79. The summed E-state index contributed by atoms with van der Waals surface area (Å²) < 4.78 is 11.4. The van der Waals surface area contributed by atoms with Crippen molar-refractivity contribution in [3.63, 3.8) is 0 Å². The van der Waals surface area contributed by atoms with E-state index in [1.807, 2.05) is 0 Å². The first-order valence-corrected chi connectivity index (χ1v) is 7.79. The minimum absolute atomic E-state index is 0.0140. The van der Waals surface area contributed by atoms with Gasteiger partial charge in [-0.05, 0) is 38.8 Å². The van der Waals surface area contributed by atoms with Crippen LogP contribution in [0.2, 0.25) is 0 Å². The molecule has 1 aromatic heterocycles. The fraction of sp³-hybridized carbons (Fsp3) is 0.867. The molecule has 5 nitrogen and oxygen atoms in total. The minimum atomic E-state index is -0.316. The van der Waals surface area contributed by atoms with Crippen LogP contribution in [0.1, 0.15) is 63.6 Å². The molecule has 0 radical (unpaired) electrons. The molecule has 20 heavy (non-hydrogen) atoms. The van der Waals surface area contributed by atoms with E-state index in [9.17, 15) is 0 Å². The molecular formula is C15H25N3O2. The first-order chi connectivity index (χ1) is 9.69. The third-order valence-corrected chi connectivity index (χ3v) is 5.11. The van der Waals surface area contributed by atoms with Crippen LogP contribution < -0.4 is 5.32 Å². The summed E-state index contributed by atoms with van der Waals surface area (Å²) in [5.41, 5.74) is -0.302. The summed E-state index contributed by atoms with van der Waals surface area (Å²) in [5, 5.41) is 7.66. The number of aromatic nitrogens is 2. The molecule has 112 valence electrons. The summed E-state index contributed by atoms with van der Waals surface area (Å²) in [6, 6.07) is 0. The maximum atomic E-state index is 5.80. The van der Waals surface area contributed by atoms with E-state index in [0.29, 0.717) is 0 Å². The summed E-state index contributed by atoms with van der Waals surface area (Å²) in [5.74, 6) is 1.55. The lowest BCUT2D eigenvalue weighted by Crippen LogP contribution is -2.38. The van der Waals surface area contributed by atoms with Crippen LogP contribution >= 0.6 is 0 Å². The number of nitrogens with one attached hydrogen (secondary N) is 1. The van der Waals surface area contributed by atoms with Gasteiger partial charge in [0.2, 0.25) is 11.7 Å². The highest BCUT2D eigenvalue weighted by Crippen LogP contribution is 2.40. The number of hydrogen-bond donors (Lipinski definition) is 1. The third-order valence-electron chi connectivity index (χ3n) is 5.11. The number of piperidine rings is 1. The van der Waals surface area contributed by atoms with E-state index in [-0.39, 0.29) is 11.0 Å². The molecule has 2 heterocycles. The van der Waals surface area contributed by atoms with Crippen molar-refractivity contribution in [2.24, 2.45) is 0 Å². The quantitative estimate of drug-likeness (QED) is 0.921. The van der Waals surface area contributed by atoms with Crippen LogP contribution in [0, 0.1) is 0 Å². The predicted molar refractivity (Wildman–Crippen MR) is 75.5 cm³/mol. The Morgan fingerprint density at radius 3 is 2.45 bits per heavy atom. The summed E-state index contributed by atoms with van der Waals surface area (Å²) in [6.07, 6.45) is 7.74. The maximum absolute atomic E-state index is 5.80. The average Bonchev–Trinajstić information content (AvgIpc) is 3.00. The van der Waals surface area contributed by atoms with E-state index in [0.717, 1.165) is 50.5 Å². The molecule has 0 atom stereocenters. The Bertz CT molecular complexity index is 446. The SMILES string of the molecule is COC1(c2noc(C3(C)CCNCC3)n2)CCCCC1. The van der Waals surface area contributed by atoms with Gasteiger partial charge in [-0.2, -0.15) is 4.98 Å². The molecule has 1 aromatic rings. The second-order valence-corrected chi connectivity index (χ2v) is 6.49. The van der Waals surface area contributed by atoms with Crippen molar-refractivity contribution in [3.05, 3.63) is 11.7 Å². The first kappa shape index (κ1) is 14.0. The molecule has 3 rings (SSSR count). The number of methoxy groups -OCH3 is 1. The Balaban J connectivity index is 1.85. The van der Waals surface area contributed by atoms with Gasteiger partial charge in [-0.1, -0.05) is 31.3 Å². The van der Waals surface area contributed by atoms with Crippen molar-refractivity contribution in [2.75, 3.05) is 20.2 Å². The fourth-order valence-electron chi connectivity index (χ4n) is 3.49. The van der Waals surface area contributed by atoms with Crippen molar-refractivity contribution in [3.8, 4) is 0 Å². The van der Waals surface area contributed by atoms with E-state index in [2.05, 4.69) is 17.4 Å². The van der Waals surface area contributed by atoms with Crippen LogP contribution in [-0.4, -0.2) is 30.3 Å². The van der Waals surface area contributed by atoms with E-state index in [4.69, 9.17) is 14.2 Å². The highest BCUT2D eigenvalue weighted by molar-refractivity contribution is 5.10. The molecule has 5 heteroatoms. The molecule has 1 N–H and O–H groups in total. The molecule has 0 spiro atoms. The van der Waals surface area contributed by atoms with Gasteiger partial charge in [0, 0.05) is 12.5 Å². The lowest BCUT2D eigenvalue weighted by atomic mass is 9.80. The van der Waals surface area contributed by atoms with Crippen molar-refractivity contribution < 1.29 is 9.26 Å². The van der Waals surface area contributed by atoms with Crippen LogP contribution in [0.4, 0.5) is 0 Å². The molecule has 2 fully saturated rings. The van der Waals surface area contributed by atoms with Crippen molar-refractivity contribution >= 4 is 0 Å². The number of hydrogen-bond acceptors (Lipinski definition) is 5. The largest absolute Gasteiger partial charge is 0.370 e. The predicted octanol–water partition coefficient (Wildman–Crippen LogP) is 2.52. The Hall–Kier alpha value is -0.940. The zero-order chi connectivity index (χ0) is 14.1. The van der Waals surface area contributed by atoms with Gasteiger partial charge >= 0.3 is 0 Å². The second-order valence-electron chi connectivity index (χ2n) is 6.49. The van der Waals surface area contributed by atoms with E-state index in [1.54, 1.807) is 7.11 Å². The lowest BCUT2D eigenvalue weighted by Gasteiger charge is -2.33.